The fourth-order valence-corrected chi connectivity index (χ4v) is 1.40. The van der Waals surface area contributed by atoms with Crippen molar-refractivity contribution in [1.29, 1.82) is 0 Å². The van der Waals surface area contributed by atoms with Crippen LogP contribution in [-0.4, -0.2) is 43.8 Å². The lowest BCUT2D eigenvalue weighted by Crippen LogP contribution is -2.51. The molecule has 13 heavy (non-hydrogen) atoms. The third-order valence-electron chi connectivity index (χ3n) is 2.20. The maximum absolute atomic E-state index is 11.7. The molecule has 0 aromatic heterocycles. The highest BCUT2D eigenvalue weighted by atomic mass is 16.5. The molecule has 1 saturated heterocycles. The summed E-state index contributed by atoms with van der Waals surface area (Å²) in [5, 5.41) is 3.18. The van der Waals surface area contributed by atoms with Crippen LogP contribution in [-0.2, 0) is 9.53 Å². The Hall–Kier alpha value is -0.610. The highest BCUT2D eigenvalue weighted by Gasteiger charge is 2.25. The standard InChI is InChI=1S/C9H18N2O2/c1-7(2)8-9(12)11(3)6-13-5-4-10-8/h7-8,10H,4-6H2,1-3H3. The number of likely N-dealkylation sites (N-methyl/N-ethyl adjacent to an activating group) is 1. The van der Waals surface area contributed by atoms with Crippen LogP contribution in [0.15, 0.2) is 0 Å². The van der Waals surface area contributed by atoms with Crippen LogP contribution in [0.4, 0.5) is 0 Å². The van der Waals surface area contributed by atoms with Crippen LogP contribution in [0.5, 0.6) is 0 Å². The van der Waals surface area contributed by atoms with Gasteiger partial charge in [0.05, 0.1) is 12.6 Å². The number of carbonyl (C=O) groups excluding carboxylic acids is 1. The van der Waals surface area contributed by atoms with E-state index in [1.54, 1.807) is 11.9 Å². The SMILES string of the molecule is CC(C)C1NCCOCN(C)C1=O. The first-order chi connectivity index (χ1) is 6.13. The lowest BCUT2D eigenvalue weighted by molar-refractivity contribution is -0.140. The van der Waals surface area contributed by atoms with Crippen molar-refractivity contribution in [3.8, 4) is 0 Å². The molecule has 0 bridgehead atoms. The molecule has 1 amide bonds. The molecule has 1 fully saturated rings. The van der Waals surface area contributed by atoms with E-state index in [-0.39, 0.29) is 11.9 Å². The lowest BCUT2D eigenvalue weighted by Gasteiger charge is -2.29. The average molecular weight is 186 g/mol. The summed E-state index contributed by atoms with van der Waals surface area (Å²) in [4.78, 5) is 13.3. The third kappa shape index (κ3) is 2.67. The molecule has 1 aliphatic heterocycles. The van der Waals surface area contributed by atoms with E-state index in [1.807, 2.05) is 13.8 Å². The van der Waals surface area contributed by atoms with Crippen LogP contribution in [0.25, 0.3) is 0 Å². The van der Waals surface area contributed by atoms with Gasteiger partial charge < -0.3 is 15.0 Å². The summed E-state index contributed by atoms with van der Waals surface area (Å²) in [6.45, 7) is 5.92. The van der Waals surface area contributed by atoms with Crippen molar-refractivity contribution in [1.82, 2.24) is 10.2 Å². The van der Waals surface area contributed by atoms with Gasteiger partial charge >= 0.3 is 0 Å². The van der Waals surface area contributed by atoms with Gasteiger partial charge in [-0.05, 0) is 5.92 Å². The second-order valence-corrected chi connectivity index (χ2v) is 3.75. The normalized spacial score (nSPS) is 26.0. The van der Waals surface area contributed by atoms with Crippen LogP contribution in [0.2, 0.25) is 0 Å². The Balaban J connectivity index is 2.62. The zero-order valence-corrected chi connectivity index (χ0v) is 8.54. The van der Waals surface area contributed by atoms with Gasteiger partial charge in [0.25, 0.3) is 0 Å². The molecule has 1 aliphatic rings. The third-order valence-corrected chi connectivity index (χ3v) is 2.20. The molecule has 0 spiro atoms. The Morgan fingerprint density at radius 3 is 2.92 bits per heavy atom. The van der Waals surface area contributed by atoms with E-state index in [4.69, 9.17) is 4.74 Å². The minimum Gasteiger partial charge on any atom is -0.360 e. The first kappa shape index (κ1) is 10.5. The topological polar surface area (TPSA) is 41.6 Å². The molecule has 0 saturated carbocycles. The van der Waals surface area contributed by atoms with E-state index in [1.165, 1.54) is 0 Å². The highest BCUT2D eigenvalue weighted by Crippen LogP contribution is 2.06. The molecule has 0 aromatic rings. The smallest absolute Gasteiger partial charge is 0.241 e. The van der Waals surface area contributed by atoms with Gasteiger partial charge in [0.15, 0.2) is 0 Å². The molecule has 76 valence electrons. The van der Waals surface area contributed by atoms with Gasteiger partial charge in [0, 0.05) is 13.6 Å². The number of nitrogens with zero attached hydrogens (tertiary/aromatic N) is 1. The fraction of sp³-hybridized carbons (Fsp3) is 0.889. The van der Waals surface area contributed by atoms with Gasteiger partial charge in [-0.1, -0.05) is 13.8 Å². The minimum absolute atomic E-state index is 0.0612. The second kappa shape index (κ2) is 4.58. The van der Waals surface area contributed by atoms with E-state index in [0.717, 1.165) is 6.54 Å². The number of carbonyl (C=O) groups is 1. The van der Waals surface area contributed by atoms with Gasteiger partial charge in [-0.3, -0.25) is 4.79 Å². The zero-order valence-electron chi connectivity index (χ0n) is 8.54. The molecular formula is C9H18N2O2. The second-order valence-electron chi connectivity index (χ2n) is 3.75. The molecule has 0 aliphatic carbocycles. The number of nitrogens with one attached hydrogen (secondary N) is 1. The van der Waals surface area contributed by atoms with E-state index >= 15 is 0 Å². The number of ether oxygens (including phenoxy) is 1. The first-order valence-corrected chi connectivity index (χ1v) is 4.69. The molecule has 0 radical (unpaired) electrons. The largest absolute Gasteiger partial charge is 0.360 e. The number of rotatable bonds is 1. The molecule has 4 heteroatoms. The van der Waals surface area contributed by atoms with Crippen molar-refractivity contribution >= 4 is 5.91 Å². The van der Waals surface area contributed by atoms with Gasteiger partial charge in [-0.2, -0.15) is 0 Å². The minimum atomic E-state index is -0.0612. The van der Waals surface area contributed by atoms with E-state index < -0.39 is 0 Å². The monoisotopic (exact) mass is 186 g/mol. The van der Waals surface area contributed by atoms with Crippen molar-refractivity contribution in [2.24, 2.45) is 5.92 Å². The average Bonchev–Trinajstić information content (AvgIpc) is 2.06. The van der Waals surface area contributed by atoms with Crippen LogP contribution < -0.4 is 5.32 Å². The van der Waals surface area contributed by atoms with Crippen molar-refractivity contribution < 1.29 is 9.53 Å². The van der Waals surface area contributed by atoms with Gasteiger partial charge in [-0.15, -0.1) is 0 Å². The molecule has 1 atom stereocenters. The maximum atomic E-state index is 11.7. The van der Waals surface area contributed by atoms with E-state index in [0.29, 0.717) is 19.3 Å². The van der Waals surface area contributed by atoms with Crippen LogP contribution >= 0.6 is 0 Å². The quantitative estimate of drug-likeness (QED) is 0.629. The summed E-state index contributed by atoms with van der Waals surface area (Å²) in [6.07, 6.45) is 0. The van der Waals surface area contributed by atoms with Crippen molar-refractivity contribution in [2.75, 3.05) is 26.9 Å². The number of hydrogen-bond donors (Lipinski definition) is 1. The summed E-state index contributed by atoms with van der Waals surface area (Å²) in [7, 11) is 1.77. The maximum Gasteiger partial charge on any atom is 0.241 e. The summed E-state index contributed by atoms with van der Waals surface area (Å²) in [5.41, 5.74) is 0. The molecule has 0 aromatic carbocycles. The van der Waals surface area contributed by atoms with Crippen LogP contribution in [0, 0.1) is 5.92 Å². The predicted molar refractivity (Wildman–Crippen MR) is 50.2 cm³/mol. The Bertz CT molecular complexity index is 182. The zero-order chi connectivity index (χ0) is 9.84. The Labute approximate surface area is 79.2 Å². The predicted octanol–water partition coefficient (Wildman–Crippen LogP) is 0.0467. The molecular weight excluding hydrogens is 168 g/mol. The molecule has 1 unspecified atom stereocenters. The van der Waals surface area contributed by atoms with Crippen molar-refractivity contribution in [2.45, 2.75) is 19.9 Å². The fourth-order valence-electron chi connectivity index (χ4n) is 1.40. The molecule has 1 N–H and O–H groups in total. The van der Waals surface area contributed by atoms with Crippen LogP contribution in [0.3, 0.4) is 0 Å². The van der Waals surface area contributed by atoms with Gasteiger partial charge in [-0.25, -0.2) is 0 Å². The highest BCUT2D eigenvalue weighted by molar-refractivity contribution is 5.81. The van der Waals surface area contributed by atoms with Crippen molar-refractivity contribution in [3.05, 3.63) is 0 Å². The lowest BCUT2D eigenvalue weighted by atomic mass is 10.0. The number of amides is 1. The van der Waals surface area contributed by atoms with Gasteiger partial charge in [0.2, 0.25) is 5.91 Å². The van der Waals surface area contributed by atoms with Gasteiger partial charge in [0.1, 0.15) is 6.73 Å². The molecule has 1 heterocycles. The van der Waals surface area contributed by atoms with Crippen LogP contribution in [0.1, 0.15) is 13.8 Å². The summed E-state index contributed by atoms with van der Waals surface area (Å²) >= 11 is 0. The number of hydrogen-bond acceptors (Lipinski definition) is 3. The summed E-state index contributed by atoms with van der Waals surface area (Å²) < 4.78 is 5.23. The van der Waals surface area contributed by atoms with E-state index in [9.17, 15) is 4.79 Å². The summed E-state index contributed by atoms with van der Waals surface area (Å²) in [6, 6.07) is -0.0612. The van der Waals surface area contributed by atoms with E-state index in [2.05, 4.69) is 5.32 Å². The van der Waals surface area contributed by atoms with Crippen molar-refractivity contribution in [3.63, 3.8) is 0 Å². The first-order valence-electron chi connectivity index (χ1n) is 4.69. The Kier molecular flexibility index (Phi) is 3.69. The summed E-state index contributed by atoms with van der Waals surface area (Å²) in [5.74, 6) is 0.447. The Morgan fingerprint density at radius 2 is 2.31 bits per heavy atom. The molecule has 4 nitrogen and oxygen atoms in total. The Morgan fingerprint density at radius 1 is 1.62 bits per heavy atom. The molecule has 1 rings (SSSR count).